The zero-order valence-corrected chi connectivity index (χ0v) is 7.23. The number of aromatic nitrogens is 1. The summed E-state index contributed by atoms with van der Waals surface area (Å²) in [5.41, 5.74) is 0.184. The van der Waals surface area contributed by atoms with Gasteiger partial charge in [-0.1, -0.05) is 0 Å². The van der Waals surface area contributed by atoms with Crippen molar-refractivity contribution in [3.05, 3.63) is 16.1 Å². The van der Waals surface area contributed by atoms with Gasteiger partial charge in [0.05, 0.1) is 6.07 Å². The molecule has 0 fully saturated rings. The van der Waals surface area contributed by atoms with E-state index in [1.807, 2.05) is 0 Å². The summed E-state index contributed by atoms with van der Waals surface area (Å²) in [4.78, 5) is 13.9. The van der Waals surface area contributed by atoms with E-state index in [4.69, 9.17) is 10.4 Å². The molecular formula is C7H6N2O3S. The van der Waals surface area contributed by atoms with Crippen molar-refractivity contribution < 1.29 is 15.0 Å². The predicted molar refractivity (Wildman–Crippen MR) is 44.1 cm³/mol. The average molecular weight is 198 g/mol. The van der Waals surface area contributed by atoms with E-state index in [0.29, 0.717) is 6.29 Å². The number of hydrogen-bond acceptors (Lipinski definition) is 6. The highest BCUT2D eigenvalue weighted by molar-refractivity contribution is 7.09. The standard InChI is InChI=1S/C7H6N2O3S/c8-1-5(11)6(12)7-9-4(2-10)3-13-7/h2-3,5-6,11-12H. The van der Waals surface area contributed by atoms with Gasteiger partial charge >= 0.3 is 0 Å². The summed E-state index contributed by atoms with van der Waals surface area (Å²) < 4.78 is 0. The molecule has 2 N–H and O–H groups in total. The third-order valence-electron chi connectivity index (χ3n) is 1.34. The van der Waals surface area contributed by atoms with Crippen LogP contribution in [0.5, 0.6) is 0 Å². The molecular weight excluding hydrogens is 192 g/mol. The first-order chi connectivity index (χ1) is 6.19. The zero-order chi connectivity index (χ0) is 9.84. The van der Waals surface area contributed by atoms with E-state index in [0.717, 1.165) is 11.3 Å². The molecule has 2 atom stereocenters. The lowest BCUT2D eigenvalue weighted by Crippen LogP contribution is -2.15. The quantitative estimate of drug-likeness (QED) is 0.521. The Morgan fingerprint density at radius 2 is 2.38 bits per heavy atom. The number of nitrogens with zero attached hydrogens (tertiary/aromatic N) is 2. The van der Waals surface area contributed by atoms with Crippen molar-refractivity contribution >= 4 is 17.6 Å². The van der Waals surface area contributed by atoms with Gasteiger partial charge in [-0.3, -0.25) is 4.79 Å². The maximum absolute atomic E-state index is 10.2. The Morgan fingerprint density at radius 3 is 2.85 bits per heavy atom. The van der Waals surface area contributed by atoms with Crippen LogP contribution in [0.1, 0.15) is 21.6 Å². The highest BCUT2D eigenvalue weighted by Gasteiger charge is 2.20. The molecule has 5 nitrogen and oxygen atoms in total. The molecule has 6 heteroatoms. The normalized spacial score (nSPS) is 14.5. The maximum atomic E-state index is 10.2. The summed E-state index contributed by atoms with van der Waals surface area (Å²) in [5.74, 6) is 0. The van der Waals surface area contributed by atoms with Crippen molar-refractivity contribution in [3.8, 4) is 6.07 Å². The van der Waals surface area contributed by atoms with Gasteiger partial charge in [0.15, 0.2) is 12.4 Å². The SMILES string of the molecule is N#CC(O)C(O)c1nc(C=O)cs1. The van der Waals surface area contributed by atoms with E-state index < -0.39 is 12.2 Å². The molecule has 13 heavy (non-hydrogen) atoms. The van der Waals surface area contributed by atoms with Crippen LogP contribution in [0.2, 0.25) is 0 Å². The number of nitriles is 1. The third kappa shape index (κ3) is 2.09. The van der Waals surface area contributed by atoms with Gasteiger partial charge in [0.2, 0.25) is 0 Å². The van der Waals surface area contributed by atoms with E-state index in [1.54, 1.807) is 0 Å². The molecule has 0 aromatic carbocycles. The number of hydrogen-bond donors (Lipinski definition) is 2. The fraction of sp³-hybridized carbons (Fsp3) is 0.286. The van der Waals surface area contributed by atoms with Gasteiger partial charge in [-0.15, -0.1) is 11.3 Å². The van der Waals surface area contributed by atoms with Crippen molar-refractivity contribution in [3.63, 3.8) is 0 Å². The summed E-state index contributed by atoms with van der Waals surface area (Å²) in [7, 11) is 0. The first kappa shape index (κ1) is 9.80. The Bertz CT molecular complexity index is 344. The molecule has 1 aromatic heterocycles. The number of thiazole rings is 1. The van der Waals surface area contributed by atoms with Gasteiger partial charge in [-0.2, -0.15) is 5.26 Å². The minimum atomic E-state index is -1.51. The van der Waals surface area contributed by atoms with Crippen LogP contribution in [0.3, 0.4) is 0 Å². The summed E-state index contributed by atoms with van der Waals surface area (Å²) in [6.45, 7) is 0. The molecule has 0 bridgehead atoms. The van der Waals surface area contributed by atoms with Crippen molar-refractivity contribution in [1.82, 2.24) is 4.98 Å². The maximum Gasteiger partial charge on any atom is 0.172 e. The summed E-state index contributed by atoms with van der Waals surface area (Å²) in [6, 6.07) is 1.47. The summed E-state index contributed by atoms with van der Waals surface area (Å²) >= 11 is 1.02. The van der Waals surface area contributed by atoms with Crippen LogP contribution in [-0.2, 0) is 0 Å². The molecule has 0 saturated carbocycles. The van der Waals surface area contributed by atoms with Crippen molar-refractivity contribution in [2.75, 3.05) is 0 Å². The first-order valence-electron chi connectivity index (χ1n) is 3.35. The van der Waals surface area contributed by atoms with Crippen LogP contribution in [0.4, 0.5) is 0 Å². The van der Waals surface area contributed by atoms with Crippen LogP contribution in [-0.4, -0.2) is 27.6 Å². The zero-order valence-electron chi connectivity index (χ0n) is 6.41. The van der Waals surface area contributed by atoms with Crippen LogP contribution >= 0.6 is 11.3 Å². The van der Waals surface area contributed by atoms with Gasteiger partial charge < -0.3 is 10.2 Å². The van der Waals surface area contributed by atoms with Crippen LogP contribution in [0, 0.1) is 11.3 Å². The Labute approximate surface area is 77.9 Å². The highest BCUT2D eigenvalue weighted by Crippen LogP contribution is 2.20. The first-order valence-corrected chi connectivity index (χ1v) is 4.23. The minimum absolute atomic E-state index is 0.163. The molecule has 2 unspecified atom stereocenters. The topological polar surface area (TPSA) is 94.2 Å². The van der Waals surface area contributed by atoms with Gasteiger partial charge in [0.25, 0.3) is 0 Å². The van der Waals surface area contributed by atoms with E-state index >= 15 is 0 Å². The van der Waals surface area contributed by atoms with Crippen LogP contribution in [0.25, 0.3) is 0 Å². The van der Waals surface area contributed by atoms with E-state index in [9.17, 15) is 9.90 Å². The lowest BCUT2D eigenvalue weighted by molar-refractivity contribution is 0.0525. The van der Waals surface area contributed by atoms with Crippen LogP contribution in [0.15, 0.2) is 5.38 Å². The fourth-order valence-corrected chi connectivity index (χ4v) is 1.47. The highest BCUT2D eigenvalue weighted by atomic mass is 32.1. The number of rotatable bonds is 3. The monoisotopic (exact) mass is 198 g/mol. The van der Waals surface area contributed by atoms with Gasteiger partial charge in [-0.25, -0.2) is 4.98 Å². The molecule has 1 rings (SSSR count). The van der Waals surface area contributed by atoms with E-state index in [2.05, 4.69) is 4.98 Å². The van der Waals surface area contributed by atoms with Crippen molar-refractivity contribution in [2.24, 2.45) is 0 Å². The fourth-order valence-electron chi connectivity index (χ4n) is 0.696. The van der Waals surface area contributed by atoms with Gasteiger partial charge in [0.1, 0.15) is 16.8 Å². The Kier molecular flexibility index (Phi) is 3.08. The molecule has 0 aliphatic heterocycles. The number of aliphatic hydroxyl groups is 2. The molecule has 0 amide bonds. The number of carbonyl (C=O) groups excluding carboxylic acids is 1. The van der Waals surface area contributed by atoms with Crippen molar-refractivity contribution in [1.29, 1.82) is 5.26 Å². The molecule has 1 heterocycles. The average Bonchev–Trinajstić information content (AvgIpc) is 2.63. The van der Waals surface area contributed by atoms with E-state index in [1.165, 1.54) is 11.4 Å². The molecule has 0 radical (unpaired) electrons. The molecule has 0 saturated heterocycles. The minimum Gasteiger partial charge on any atom is -0.382 e. The second-order valence-electron chi connectivity index (χ2n) is 2.25. The molecule has 0 spiro atoms. The smallest absolute Gasteiger partial charge is 0.172 e. The largest absolute Gasteiger partial charge is 0.382 e. The van der Waals surface area contributed by atoms with Gasteiger partial charge in [-0.05, 0) is 0 Å². The second-order valence-corrected chi connectivity index (χ2v) is 3.14. The van der Waals surface area contributed by atoms with Crippen LogP contribution < -0.4 is 0 Å². The Morgan fingerprint density at radius 1 is 1.69 bits per heavy atom. The summed E-state index contributed by atoms with van der Waals surface area (Å²) in [6.07, 6.45) is -2.32. The lowest BCUT2D eigenvalue weighted by Gasteiger charge is -2.06. The van der Waals surface area contributed by atoms with E-state index in [-0.39, 0.29) is 10.7 Å². The molecule has 1 aromatic rings. The lowest BCUT2D eigenvalue weighted by atomic mass is 10.2. The van der Waals surface area contributed by atoms with Crippen molar-refractivity contribution in [2.45, 2.75) is 12.2 Å². The summed E-state index contributed by atoms with van der Waals surface area (Å²) in [5, 5.41) is 28.1. The molecule has 0 aliphatic carbocycles. The Hall–Kier alpha value is -1.29. The predicted octanol–water partition coefficient (Wildman–Crippen LogP) is -0.127. The molecule has 68 valence electrons. The Balaban J connectivity index is 2.83. The number of carbonyl (C=O) groups is 1. The van der Waals surface area contributed by atoms with Gasteiger partial charge in [0, 0.05) is 5.38 Å². The third-order valence-corrected chi connectivity index (χ3v) is 2.28. The molecule has 0 aliphatic rings. The number of aliphatic hydroxyl groups excluding tert-OH is 2. The number of aldehydes is 1. The second kappa shape index (κ2) is 4.09.